The minimum Gasteiger partial charge on any atom is -0.496 e. The third-order valence-electron chi connectivity index (χ3n) is 4.23. The van der Waals surface area contributed by atoms with Gasteiger partial charge in [-0.05, 0) is 42.0 Å². The number of aromatic amines is 1. The van der Waals surface area contributed by atoms with Crippen LogP contribution < -0.4 is 4.74 Å². The number of pyridine rings is 1. The number of H-pyrrole nitrogens is 1. The van der Waals surface area contributed by atoms with Crippen molar-refractivity contribution < 1.29 is 9.13 Å². The maximum absolute atomic E-state index is 14.4. The Bertz CT molecular complexity index is 1140. The predicted molar refractivity (Wildman–Crippen MR) is 109 cm³/mol. The average Bonchev–Trinajstić information content (AvgIpc) is 3.09. The maximum atomic E-state index is 14.4. The van der Waals surface area contributed by atoms with E-state index in [-0.39, 0.29) is 5.82 Å². The van der Waals surface area contributed by atoms with Gasteiger partial charge in [-0.15, -0.1) is 0 Å². The van der Waals surface area contributed by atoms with Crippen LogP contribution in [-0.4, -0.2) is 22.3 Å². The van der Waals surface area contributed by atoms with Crippen LogP contribution in [0.4, 0.5) is 4.39 Å². The number of nitrogens with one attached hydrogen (secondary N) is 1. The SMILES string of the molecule is COc1cccc(F)c1-c1cc2c(C=Cc3ccc(Br)cc3)n[nH]c2cn1. The second-order valence-corrected chi connectivity index (χ2v) is 6.84. The minimum absolute atomic E-state index is 0.339. The average molecular weight is 424 g/mol. The van der Waals surface area contributed by atoms with E-state index in [1.807, 2.05) is 42.5 Å². The molecule has 0 fully saturated rings. The van der Waals surface area contributed by atoms with E-state index in [0.29, 0.717) is 17.0 Å². The van der Waals surface area contributed by atoms with E-state index < -0.39 is 0 Å². The Hall–Kier alpha value is -2.99. The van der Waals surface area contributed by atoms with Gasteiger partial charge in [-0.1, -0.05) is 40.2 Å². The van der Waals surface area contributed by atoms with Crippen LogP contribution in [-0.2, 0) is 0 Å². The highest BCUT2D eigenvalue weighted by Gasteiger charge is 2.14. The summed E-state index contributed by atoms with van der Waals surface area (Å²) in [5.41, 5.74) is 3.43. The van der Waals surface area contributed by atoms with Gasteiger partial charge in [0.1, 0.15) is 11.6 Å². The molecule has 6 heteroatoms. The molecule has 0 aliphatic carbocycles. The first-order valence-corrected chi connectivity index (χ1v) is 9.05. The van der Waals surface area contributed by atoms with Gasteiger partial charge >= 0.3 is 0 Å². The number of benzene rings is 2. The van der Waals surface area contributed by atoms with Crippen LogP contribution in [0.3, 0.4) is 0 Å². The van der Waals surface area contributed by atoms with Crippen LogP contribution in [0.25, 0.3) is 34.3 Å². The minimum atomic E-state index is -0.378. The molecule has 0 atom stereocenters. The molecular formula is C21H15BrFN3O. The Morgan fingerprint density at radius 2 is 1.93 bits per heavy atom. The molecule has 0 aliphatic rings. The summed E-state index contributed by atoms with van der Waals surface area (Å²) in [4.78, 5) is 4.37. The second-order valence-electron chi connectivity index (χ2n) is 5.93. The van der Waals surface area contributed by atoms with Crippen molar-refractivity contribution in [1.29, 1.82) is 0 Å². The summed E-state index contributed by atoms with van der Waals surface area (Å²) < 4.78 is 20.7. The fraction of sp³-hybridized carbons (Fsp3) is 0.0476. The third kappa shape index (κ3) is 3.48. The van der Waals surface area contributed by atoms with E-state index in [1.165, 1.54) is 13.2 Å². The lowest BCUT2D eigenvalue weighted by Crippen LogP contribution is -1.93. The summed E-state index contributed by atoms with van der Waals surface area (Å²) in [5, 5.41) is 8.16. The van der Waals surface area contributed by atoms with Gasteiger partial charge in [0.05, 0.1) is 35.8 Å². The number of fused-ring (bicyclic) bond motifs is 1. The first-order valence-electron chi connectivity index (χ1n) is 8.26. The number of ether oxygens (including phenoxy) is 1. The third-order valence-corrected chi connectivity index (χ3v) is 4.76. The molecule has 27 heavy (non-hydrogen) atoms. The molecule has 0 amide bonds. The summed E-state index contributed by atoms with van der Waals surface area (Å²) in [6.45, 7) is 0. The first kappa shape index (κ1) is 17.4. The molecule has 0 spiro atoms. The molecular weight excluding hydrogens is 409 g/mol. The summed E-state index contributed by atoms with van der Waals surface area (Å²) in [6, 6.07) is 14.5. The normalized spacial score (nSPS) is 11.4. The second kappa shape index (κ2) is 7.32. The first-order chi connectivity index (χ1) is 13.2. The Morgan fingerprint density at radius 3 is 2.70 bits per heavy atom. The fourth-order valence-electron chi connectivity index (χ4n) is 2.87. The van der Waals surface area contributed by atoms with Gasteiger partial charge in [0.2, 0.25) is 0 Å². The number of hydrogen-bond donors (Lipinski definition) is 1. The van der Waals surface area contributed by atoms with E-state index >= 15 is 0 Å². The Labute approximate surface area is 163 Å². The zero-order chi connectivity index (χ0) is 18.8. The number of hydrogen-bond acceptors (Lipinski definition) is 3. The molecule has 2 aromatic heterocycles. The van der Waals surface area contributed by atoms with Gasteiger partial charge in [0, 0.05) is 9.86 Å². The highest BCUT2D eigenvalue weighted by Crippen LogP contribution is 2.33. The molecule has 134 valence electrons. The zero-order valence-corrected chi connectivity index (χ0v) is 16.0. The lowest BCUT2D eigenvalue weighted by atomic mass is 10.1. The summed E-state index contributed by atoms with van der Waals surface area (Å²) in [7, 11) is 1.51. The smallest absolute Gasteiger partial charge is 0.136 e. The molecule has 0 aliphatic heterocycles. The quantitative estimate of drug-likeness (QED) is 0.457. The van der Waals surface area contributed by atoms with E-state index in [9.17, 15) is 4.39 Å². The topological polar surface area (TPSA) is 50.8 Å². The number of aromatic nitrogens is 3. The lowest BCUT2D eigenvalue weighted by Gasteiger charge is -2.08. The van der Waals surface area contributed by atoms with E-state index in [2.05, 4.69) is 31.1 Å². The van der Waals surface area contributed by atoms with Crippen molar-refractivity contribution in [2.75, 3.05) is 7.11 Å². The van der Waals surface area contributed by atoms with Crippen LogP contribution >= 0.6 is 15.9 Å². The van der Waals surface area contributed by atoms with Crippen molar-refractivity contribution in [2.24, 2.45) is 0 Å². The molecule has 4 nitrogen and oxygen atoms in total. The molecule has 0 radical (unpaired) electrons. The van der Waals surface area contributed by atoms with E-state index in [1.54, 1.807) is 18.3 Å². The summed E-state index contributed by atoms with van der Waals surface area (Å²) in [6.07, 6.45) is 5.55. The zero-order valence-electron chi connectivity index (χ0n) is 14.4. The largest absolute Gasteiger partial charge is 0.496 e. The maximum Gasteiger partial charge on any atom is 0.136 e. The number of nitrogens with zero attached hydrogens (tertiary/aromatic N) is 2. The summed E-state index contributed by atoms with van der Waals surface area (Å²) in [5.74, 6) is 0.0638. The number of halogens is 2. The highest BCUT2D eigenvalue weighted by atomic mass is 79.9. The summed E-state index contributed by atoms with van der Waals surface area (Å²) >= 11 is 3.43. The van der Waals surface area contributed by atoms with Gasteiger partial charge in [0.25, 0.3) is 0 Å². The standard InChI is InChI=1S/C21H15BrFN3O/c1-27-20-4-2-3-16(23)21(20)18-11-15-17(25-26-19(15)12-24-18)10-7-13-5-8-14(22)9-6-13/h2-12H,1H3,(H,25,26). The molecule has 0 unspecified atom stereocenters. The predicted octanol–water partition coefficient (Wildman–Crippen LogP) is 5.71. The van der Waals surface area contributed by atoms with Crippen molar-refractivity contribution in [3.05, 3.63) is 76.3 Å². The van der Waals surface area contributed by atoms with Crippen molar-refractivity contribution in [2.45, 2.75) is 0 Å². The monoisotopic (exact) mass is 423 g/mol. The molecule has 0 saturated carbocycles. The van der Waals surface area contributed by atoms with Gasteiger partial charge in [0.15, 0.2) is 0 Å². The van der Waals surface area contributed by atoms with E-state index in [4.69, 9.17) is 4.74 Å². The molecule has 2 heterocycles. The number of rotatable bonds is 4. The van der Waals surface area contributed by atoms with Crippen LogP contribution in [0.5, 0.6) is 5.75 Å². The lowest BCUT2D eigenvalue weighted by molar-refractivity contribution is 0.413. The van der Waals surface area contributed by atoms with E-state index in [0.717, 1.165) is 26.6 Å². The Morgan fingerprint density at radius 1 is 1.11 bits per heavy atom. The molecule has 4 aromatic rings. The van der Waals surface area contributed by atoms with Crippen molar-refractivity contribution in [1.82, 2.24) is 15.2 Å². The van der Waals surface area contributed by atoms with Gasteiger partial charge < -0.3 is 4.74 Å². The Kier molecular flexibility index (Phi) is 4.73. The Balaban J connectivity index is 1.77. The van der Waals surface area contributed by atoms with Crippen molar-refractivity contribution in [3.8, 4) is 17.0 Å². The van der Waals surface area contributed by atoms with Crippen molar-refractivity contribution >= 4 is 39.0 Å². The van der Waals surface area contributed by atoms with Gasteiger partial charge in [-0.2, -0.15) is 5.10 Å². The van der Waals surface area contributed by atoms with Crippen LogP contribution in [0.2, 0.25) is 0 Å². The molecule has 1 N–H and O–H groups in total. The van der Waals surface area contributed by atoms with Gasteiger partial charge in [-0.25, -0.2) is 4.39 Å². The molecule has 4 rings (SSSR count). The number of methoxy groups -OCH3 is 1. The van der Waals surface area contributed by atoms with Crippen molar-refractivity contribution in [3.63, 3.8) is 0 Å². The molecule has 0 bridgehead atoms. The van der Waals surface area contributed by atoms with Crippen LogP contribution in [0.1, 0.15) is 11.3 Å². The van der Waals surface area contributed by atoms with Crippen LogP contribution in [0, 0.1) is 5.82 Å². The molecule has 0 saturated heterocycles. The fourth-order valence-corrected chi connectivity index (χ4v) is 3.14. The van der Waals surface area contributed by atoms with Crippen LogP contribution in [0.15, 0.2) is 59.2 Å². The van der Waals surface area contributed by atoms with Gasteiger partial charge in [-0.3, -0.25) is 10.1 Å². The molecule has 2 aromatic carbocycles. The highest BCUT2D eigenvalue weighted by molar-refractivity contribution is 9.10.